The largest absolute Gasteiger partial charge is 0.332 e. The van der Waals surface area contributed by atoms with Gasteiger partial charge >= 0.3 is 6.03 Å². The highest BCUT2D eigenvalue weighted by Gasteiger charge is 2.27. The predicted molar refractivity (Wildman–Crippen MR) is 125 cm³/mol. The zero-order valence-corrected chi connectivity index (χ0v) is 19.1. The van der Waals surface area contributed by atoms with E-state index in [9.17, 15) is 13.2 Å². The van der Waals surface area contributed by atoms with Gasteiger partial charge in [-0.1, -0.05) is 42.8 Å². The molecule has 0 radical (unpaired) electrons. The summed E-state index contributed by atoms with van der Waals surface area (Å²) in [5.41, 5.74) is 7.14. The summed E-state index contributed by atoms with van der Waals surface area (Å²) < 4.78 is 27.6. The summed E-state index contributed by atoms with van der Waals surface area (Å²) in [6, 6.07) is 11.9. The van der Waals surface area contributed by atoms with Gasteiger partial charge in [-0.15, -0.1) is 0 Å². The SMILES string of the molecule is CC(CCCCc1ccccc1)S(=O)(=O)NC(=O)Nc1c2c(cc3c1CCC3)CCC2. The van der Waals surface area contributed by atoms with Gasteiger partial charge in [-0.3, -0.25) is 0 Å². The van der Waals surface area contributed by atoms with Gasteiger partial charge in [-0.05, 0) is 92.5 Å². The summed E-state index contributed by atoms with van der Waals surface area (Å²) in [5, 5.41) is 2.30. The number of rotatable bonds is 8. The van der Waals surface area contributed by atoms with Crippen LogP contribution in [0, 0.1) is 0 Å². The molecular formula is C25H32N2O3S. The quantitative estimate of drug-likeness (QED) is 0.572. The van der Waals surface area contributed by atoms with E-state index in [1.165, 1.54) is 27.8 Å². The van der Waals surface area contributed by atoms with E-state index in [-0.39, 0.29) is 0 Å². The van der Waals surface area contributed by atoms with Crippen LogP contribution in [0.1, 0.15) is 66.8 Å². The summed E-state index contributed by atoms with van der Waals surface area (Å²) in [6.07, 6.45) is 9.35. The maximum atomic E-state index is 12.7. The van der Waals surface area contributed by atoms with E-state index in [0.29, 0.717) is 6.42 Å². The maximum Gasteiger partial charge on any atom is 0.332 e. The molecule has 0 fully saturated rings. The number of nitrogens with one attached hydrogen (secondary N) is 2. The minimum absolute atomic E-state index is 0.533. The number of fused-ring (bicyclic) bond motifs is 2. The van der Waals surface area contributed by atoms with Gasteiger partial charge in [-0.2, -0.15) is 0 Å². The third-order valence-corrected chi connectivity index (χ3v) is 8.41. The van der Waals surface area contributed by atoms with Crippen LogP contribution in [-0.2, 0) is 42.1 Å². The Labute approximate surface area is 185 Å². The van der Waals surface area contributed by atoms with Crippen LogP contribution >= 0.6 is 0 Å². The molecule has 0 aliphatic heterocycles. The van der Waals surface area contributed by atoms with Crippen LogP contribution in [0.4, 0.5) is 10.5 Å². The average Bonchev–Trinajstić information content (AvgIpc) is 3.40. The number of sulfonamides is 1. The molecule has 2 N–H and O–H groups in total. The minimum atomic E-state index is -3.71. The Kier molecular flexibility index (Phi) is 6.65. The first-order chi connectivity index (χ1) is 14.9. The molecule has 31 heavy (non-hydrogen) atoms. The molecule has 4 rings (SSSR count). The lowest BCUT2D eigenvalue weighted by Crippen LogP contribution is -2.40. The number of urea groups is 1. The summed E-state index contributed by atoms with van der Waals surface area (Å²) in [5.74, 6) is 0. The van der Waals surface area contributed by atoms with Gasteiger partial charge in [0.2, 0.25) is 10.0 Å². The van der Waals surface area contributed by atoms with Crippen molar-refractivity contribution >= 4 is 21.7 Å². The number of hydrogen-bond acceptors (Lipinski definition) is 3. The number of carbonyl (C=O) groups is 1. The van der Waals surface area contributed by atoms with E-state index >= 15 is 0 Å². The van der Waals surface area contributed by atoms with E-state index in [1.807, 2.05) is 18.2 Å². The molecule has 5 nitrogen and oxygen atoms in total. The van der Waals surface area contributed by atoms with Crippen molar-refractivity contribution in [2.45, 2.75) is 76.4 Å². The molecular weight excluding hydrogens is 408 g/mol. The first-order valence-electron chi connectivity index (χ1n) is 11.5. The third kappa shape index (κ3) is 5.12. The van der Waals surface area contributed by atoms with Crippen molar-refractivity contribution in [1.29, 1.82) is 0 Å². The van der Waals surface area contributed by atoms with E-state index in [1.54, 1.807) is 6.92 Å². The van der Waals surface area contributed by atoms with Gasteiger partial charge in [0.1, 0.15) is 0 Å². The fraction of sp³-hybridized carbons (Fsp3) is 0.480. The monoisotopic (exact) mass is 440 g/mol. The molecule has 0 aromatic heterocycles. The molecule has 166 valence electrons. The van der Waals surface area contributed by atoms with Crippen molar-refractivity contribution in [3.8, 4) is 0 Å². The van der Waals surface area contributed by atoms with Gasteiger partial charge in [-0.25, -0.2) is 17.9 Å². The second-order valence-electron chi connectivity index (χ2n) is 8.88. The lowest BCUT2D eigenvalue weighted by Gasteiger charge is -2.18. The lowest BCUT2D eigenvalue weighted by molar-refractivity contribution is 0.256. The van der Waals surface area contributed by atoms with Crippen molar-refractivity contribution in [1.82, 2.24) is 4.72 Å². The summed E-state index contributed by atoms with van der Waals surface area (Å²) in [4.78, 5) is 12.6. The molecule has 0 saturated heterocycles. The number of hydrogen-bond donors (Lipinski definition) is 2. The smallest absolute Gasteiger partial charge is 0.307 e. The normalized spacial score (nSPS) is 15.9. The molecule has 1 unspecified atom stereocenters. The Morgan fingerprint density at radius 3 is 2.26 bits per heavy atom. The second-order valence-corrected chi connectivity index (χ2v) is 11.0. The fourth-order valence-corrected chi connectivity index (χ4v) is 5.88. The molecule has 1 atom stereocenters. The van der Waals surface area contributed by atoms with Crippen molar-refractivity contribution in [2.24, 2.45) is 0 Å². The molecule has 2 aromatic carbocycles. The topological polar surface area (TPSA) is 75.3 Å². The van der Waals surface area contributed by atoms with Gasteiger partial charge in [0.25, 0.3) is 0 Å². The van der Waals surface area contributed by atoms with Gasteiger partial charge < -0.3 is 5.32 Å². The fourth-order valence-electron chi connectivity index (χ4n) is 4.90. The lowest BCUT2D eigenvalue weighted by atomic mass is 9.99. The Balaban J connectivity index is 1.33. The van der Waals surface area contributed by atoms with E-state index in [4.69, 9.17) is 0 Å². The molecule has 2 aliphatic carbocycles. The molecule has 2 amide bonds. The molecule has 2 aliphatic rings. The van der Waals surface area contributed by atoms with E-state index < -0.39 is 21.3 Å². The summed E-state index contributed by atoms with van der Waals surface area (Å²) >= 11 is 0. The number of anilines is 1. The highest BCUT2D eigenvalue weighted by molar-refractivity contribution is 7.90. The number of unbranched alkanes of at least 4 members (excludes halogenated alkanes) is 1. The van der Waals surface area contributed by atoms with Crippen LogP contribution in [0.15, 0.2) is 36.4 Å². The van der Waals surface area contributed by atoms with Crippen LogP contribution in [-0.4, -0.2) is 19.7 Å². The Morgan fingerprint density at radius 1 is 0.968 bits per heavy atom. The summed E-state index contributed by atoms with van der Waals surface area (Å²) in [6.45, 7) is 1.68. The van der Waals surface area contributed by atoms with Crippen molar-refractivity contribution in [2.75, 3.05) is 5.32 Å². The third-order valence-electron chi connectivity index (χ3n) is 6.65. The average molecular weight is 441 g/mol. The maximum absolute atomic E-state index is 12.7. The first kappa shape index (κ1) is 21.9. The Hall–Kier alpha value is -2.34. The molecule has 0 bridgehead atoms. The second kappa shape index (κ2) is 9.43. The molecule has 0 saturated carbocycles. The minimum Gasteiger partial charge on any atom is -0.307 e. The molecule has 6 heteroatoms. The van der Waals surface area contributed by atoms with Crippen LogP contribution in [0.3, 0.4) is 0 Å². The zero-order valence-electron chi connectivity index (χ0n) is 18.2. The van der Waals surface area contributed by atoms with Gasteiger partial charge in [0.15, 0.2) is 0 Å². The Bertz CT molecular complexity index is 1020. The highest BCUT2D eigenvalue weighted by atomic mass is 32.2. The van der Waals surface area contributed by atoms with E-state index in [0.717, 1.165) is 63.5 Å². The number of benzene rings is 2. The molecule has 0 heterocycles. The van der Waals surface area contributed by atoms with Crippen LogP contribution in [0.5, 0.6) is 0 Å². The molecule has 2 aromatic rings. The van der Waals surface area contributed by atoms with Crippen LogP contribution < -0.4 is 10.0 Å². The summed E-state index contributed by atoms with van der Waals surface area (Å²) in [7, 11) is -3.71. The van der Waals surface area contributed by atoms with E-state index in [2.05, 4.69) is 28.2 Å². The predicted octanol–water partition coefficient (Wildman–Crippen LogP) is 4.92. The van der Waals surface area contributed by atoms with Gasteiger partial charge in [0.05, 0.1) is 5.25 Å². The molecule has 0 spiro atoms. The van der Waals surface area contributed by atoms with Crippen molar-refractivity contribution < 1.29 is 13.2 Å². The van der Waals surface area contributed by atoms with Gasteiger partial charge in [0, 0.05) is 5.69 Å². The number of amides is 2. The zero-order chi connectivity index (χ0) is 21.8. The van der Waals surface area contributed by atoms with Crippen molar-refractivity contribution in [3.05, 3.63) is 64.2 Å². The number of aryl methyl sites for hydroxylation is 3. The highest BCUT2D eigenvalue weighted by Crippen LogP contribution is 2.38. The van der Waals surface area contributed by atoms with Crippen molar-refractivity contribution in [3.63, 3.8) is 0 Å². The standard InChI is InChI=1S/C25H32N2O3S/c1-18(9-5-6-12-19-10-3-2-4-11-19)31(29,30)27-25(28)26-24-22-15-7-13-20(22)17-21-14-8-16-23(21)24/h2-4,10-11,17-18H,5-9,12-16H2,1H3,(H2,26,27,28). The first-order valence-corrected chi connectivity index (χ1v) is 13.0. The number of carbonyl (C=O) groups excluding carboxylic acids is 1. The van der Waals surface area contributed by atoms with Crippen LogP contribution in [0.2, 0.25) is 0 Å². The van der Waals surface area contributed by atoms with Crippen LogP contribution in [0.25, 0.3) is 0 Å². The Morgan fingerprint density at radius 2 is 1.61 bits per heavy atom.